The Balaban J connectivity index is 2.51. The van der Waals surface area contributed by atoms with Gasteiger partial charge < -0.3 is 10.3 Å². The standard InChI is InChI=1S/C14H19FN2/c1-9(16)4-6-12-10(2)17(3)14-8-11(15)5-7-13(12)14/h5,7-9H,4,6,16H2,1-3H3. The monoisotopic (exact) mass is 234 g/mol. The predicted octanol–water partition coefficient (Wildman–Crippen LogP) is 2.91. The average Bonchev–Trinajstić information content (AvgIpc) is 2.50. The SMILES string of the molecule is Cc1c(CCC(C)N)c2ccc(F)cc2n1C. The Bertz CT molecular complexity index is 541. The Morgan fingerprint density at radius 1 is 1.41 bits per heavy atom. The molecule has 1 heterocycles. The summed E-state index contributed by atoms with van der Waals surface area (Å²) in [4.78, 5) is 0. The lowest BCUT2D eigenvalue weighted by Gasteiger charge is -2.05. The highest BCUT2D eigenvalue weighted by Gasteiger charge is 2.12. The van der Waals surface area contributed by atoms with Gasteiger partial charge in [-0.05, 0) is 50.5 Å². The van der Waals surface area contributed by atoms with Crippen molar-refractivity contribution in [2.24, 2.45) is 12.8 Å². The first kappa shape index (κ1) is 12.1. The second kappa shape index (κ2) is 4.49. The maximum absolute atomic E-state index is 13.2. The van der Waals surface area contributed by atoms with E-state index < -0.39 is 0 Å². The van der Waals surface area contributed by atoms with Gasteiger partial charge in [0.1, 0.15) is 5.82 Å². The molecule has 2 N–H and O–H groups in total. The Kier molecular flexibility index (Phi) is 3.20. The van der Waals surface area contributed by atoms with Gasteiger partial charge in [-0.1, -0.05) is 0 Å². The molecule has 0 aliphatic carbocycles. The van der Waals surface area contributed by atoms with Crippen molar-refractivity contribution in [3.8, 4) is 0 Å². The van der Waals surface area contributed by atoms with Crippen LogP contribution in [-0.2, 0) is 13.5 Å². The second-order valence-electron chi connectivity index (χ2n) is 4.80. The Hall–Kier alpha value is -1.35. The van der Waals surface area contributed by atoms with E-state index in [-0.39, 0.29) is 11.9 Å². The number of hydrogen-bond donors (Lipinski definition) is 1. The maximum Gasteiger partial charge on any atom is 0.125 e. The number of aryl methyl sites for hydroxylation is 2. The van der Waals surface area contributed by atoms with Crippen LogP contribution < -0.4 is 5.73 Å². The van der Waals surface area contributed by atoms with Crippen molar-refractivity contribution < 1.29 is 4.39 Å². The van der Waals surface area contributed by atoms with Crippen LogP contribution in [0.4, 0.5) is 4.39 Å². The van der Waals surface area contributed by atoms with Crippen LogP contribution in [0.15, 0.2) is 18.2 Å². The molecule has 0 spiro atoms. The fourth-order valence-corrected chi connectivity index (χ4v) is 2.30. The molecular formula is C14H19FN2. The van der Waals surface area contributed by atoms with Crippen LogP contribution in [0, 0.1) is 12.7 Å². The second-order valence-corrected chi connectivity index (χ2v) is 4.80. The van der Waals surface area contributed by atoms with Gasteiger partial charge in [-0.25, -0.2) is 4.39 Å². The Morgan fingerprint density at radius 2 is 2.12 bits per heavy atom. The number of fused-ring (bicyclic) bond motifs is 1. The van der Waals surface area contributed by atoms with Crippen LogP contribution in [0.1, 0.15) is 24.6 Å². The van der Waals surface area contributed by atoms with E-state index in [2.05, 4.69) is 11.5 Å². The summed E-state index contributed by atoms with van der Waals surface area (Å²) in [6, 6.07) is 5.19. The third kappa shape index (κ3) is 2.20. The van der Waals surface area contributed by atoms with Gasteiger partial charge >= 0.3 is 0 Å². The van der Waals surface area contributed by atoms with Gasteiger partial charge in [0.2, 0.25) is 0 Å². The van der Waals surface area contributed by atoms with Gasteiger partial charge in [0.15, 0.2) is 0 Å². The summed E-state index contributed by atoms with van der Waals surface area (Å²) in [5.41, 5.74) is 9.25. The Morgan fingerprint density at radius 3 is 2.76 bits per heavy atom. The summed E-state index contributed by atoms with van der Waals surface area (Å²) in [5.74, 6) is -0.183. The minimum absolute atomic E-state index is 0.183. The number of halogens is 1. The van der Waals surface area contributed by atoms with Gasteiger partial charge in [-0.15, -0.1) is 0 Å². The van der Waals surface area contributed by atoms with E-state index in [0.717, 1.165) is 23.7 Å². The van der Waals surface area contributed by atoms with Crippen LogP contribution in [0.5, 0.6) is 0 Å². The Labute approximate surface area is 101 Å². The molecule has 0 saturated heterocycles. The molecule has 0 radical (unpaired) electrons. The molecule has 2 aromatic rings. The average molecular weight is 234 g/mol. The lowest BCUT2D eigenvalue weighted by atomic mass is 10.0. The summed E-state index contributed by atoms with van der Waals surface area (Å²) < 4.78 is 15.3. The van der Waals surface area contributed by atoms with Crippen LogP contribution in [0.2, 0.25) is 0 Å². The third-order valence-corrected chi connectivity index (χ3v) is 3.44. The van der Waals surface area contributed by atoms with Crippen molar-refractivity contribution in [3.63, 3.8) is 0 Å². The molecule has 0 fully saturated rings. The predicted molar refractivity (Wildman–Crippen MR) is 69.6 cm³/mol. The zero-order valence-corrected chi connectivity index (χ0v) is 10.6. The number of rotatable bonds is 3. The first-order valence-electron chi connectivity index (χ1n) is 5.99. The summed E-state index contributed by atoms with van der Waals surface area (Å²) in [6.07, 6.45) is 1.91. The van der Waals surface area contributed by atoms with Crippen LogP contribution in [-0.4, -0.2) is 10.6 Å². The third-order valence-electron chi connectivity index (χ3n) is 3.44. The normalized spacial score (nSPS) is 13.2. The minimum atomic E-state index is -0.183. The van der Waals surface area contributed by atoms with Gasteiger partial charge in [0.05, 0.1) is 5.52 Å². The molecule has 0 bridgehead atoms. The smallest absolute Gasteiger partial charge is 0.125 e. The molecule has 92 valence electrons. The number of nitrogens with two attached hydrogens (primary N) is 1. The molecule has 1 atom stereocenters. The molecule has 0 aliphatic heterocycles. The van der Waals surface area contributed by atoms with Crippen molar-refractivity contribution in [1.29, 1.82) is 0 Å². The zero-order chi connectivity index (χ0) is 12.6. The van der Waals surface area contributed by atoms with Crippen LogP contribution >= 0.6 is 0 Å². The lowest BCUT2D eigenvalue weighted by Crippen LogP contribution is -2.15. The highest BCUT2D eigenvalue weighted by Crippen LogP contribution is 2.26. The van der Waals surface area contributed by atoms with Crippen LogP contribution in [0.25, 0.3) is 10.9 Å². The highest BCUT2D eigenvalue weighted by molar-refractivity contribution is 5.85. The number of benzene rings is 1. The van der Waals surface area contributed by atoms with E-state index in [4.69, 9.17) is 5.73 Å². The van der Waals surface area contributed by atoms with Crippen molar-refractivity contribution in [1.82, 2.24) is 4.57 Å². The quantitative estimate of drug-likeness (QED) is 0.869. The first-order chi connectivity index (χ1) is 8.00. The maximum atomic E-state index is 13.2. The number of hydrogen-bond acceptors (Lipinski definition) is 1. The minimum Gasteiger partial charge on any atom is -0.348 e. The molecule has 1 aromatic heterocycles. The topological polar surface area (TPSA) is 30.9 Å². The van der Waals surface area contributed by atoms with E-state index in [1.165, 1.54) is 17.3 Å². The van der Waals surface area contributed by atoms with Crippen molar-refractivity contribution in [3.05, 3.63) is 35.3 Å². The number of aromatic nitrogens is 1. The molecular weight excluding hydrogens is 215 g/mol. The number of nitrogens with zero attached hydrogens (tertiary/aromatic N) is 1. The largest absolute Gasteiger partial charge is 0.348 e. The summed E-state index contributed by atoms with van der Waals surface area (Å²) in [5, 5.41) is 1.15. The van der Waals surface area contributed by atoms with E-state index in [1.54, 1.807) is 6.07 Å². The molecule has 2 nitrogen and oxygen atoms in total. The van der Waals surface area contributed by atoms with Crippen molar-refractivity contribution >= 4 is 10.9 Å². The van der Waals surface area contributed by atoms with Crippen molar-refractivity contribution in [2.45, 2.75) is 32.7 Å². The van der Waals surface area contributed by atoms with Crippen molar-refractivity contribution in [2.75, 3.05) is 0 Å². The van der Waals surface area contributed by atoms with E-state index in [9.17, 15) is 4.39 Å². The van der Waals surface area contributed by atoms with E-state index >= 15 is 0 Å². The fraction of sp³-hybridized carbons (Fsp3) is 0.429. The van der Waals surface area contributed by atoms with Crippen LogP contribution in [0.3, 0.4) is 0 Å². The molecule has 1 aromatic carbocycles. The first-order valence-corrected chi connectivity index (χ1v) is 5.99. The molecule has 0 aliphatic rings. The molecule has 1 unspecified atom stereocenters. The summed E-state index contributed by atoms with van der Waals surface area (Å²) >= 11 is 0. The van der Waals surface area contributed by atoms with Gasteiger partial charge in [0, 0.05) is 24.2 Å². The summed E-state index contributed by atoms with van der Waals surface area (Å²) in [7, 11) is 1.98. The molecule has 2 rings (SSSR count). The van der Waals surface area contributed by atoms with E-state index in [1.807, 2.05) is 20.0 Å². The molecule has 0 saturated carbocycles. The molecule has 17 heavy (non-hydrogen) atoms. The fourth-order valence-electron chi connectivity index (χ4n) is 2.30. The molecule has 3 heteroatoms. The highest BCUT2D eigenvalue weighted by atomic mass is 19.1. The van der Waals surface area contributed by atoms with Gasteiger partial charge in [-0.3, -0.25) is 0 Å². The van der Waals surface area contributed by atoms with E-state index in [0.29, 0.717) is 0 Å². The molecule has 0 amide bonds. The zero-order valence-electron chi connectivity index (χ0n) is 10.6. The lowest BCUT2D eigenvalue weighted by molar-refractivity contribution is 0.629. The van der Waals surface area contributed by atoms with Gasteiger partial charge in [-0.2, -0.15) is 0 Å². The van der Waals surface area contributed by atoms with Gasteiger partial charge in [0.25, 0.3) is 0 Å². The summed E-state index contributed by atoms with van der Waals surface area (Å²) in [6.45, 7) is 4.09.